The van der Waals surface area contributed by atoms with Gasteiger partial charge in [0.25, 0.3) is 5.91 Å². The molecule has 0 saturated carbocycles. The summed E-state index contributed by atoms with van der Waals surface area (Å²) in [5.74, 6) is 0.389. The molecule has 2 aromatic carbocycles. The smallest absolute Gasteiger partial charge is 0.267 e. The van der Waals surface area contributed by atoms with E-state index in [-0.39, 0.29) is 5.91 Å². The molecule has 0 aliphatic rings. The number of carbonyl (C=O) groups is 1. The van der Waals surface area contributed by atoms with Crippen LogP contribution in [0.5, 0.6) is 5.75 Å². The summed E-state index contributed by atoms with van der Waals surface area (Å²) in [6.45, 7) is 7.39. The van der Waals surface area contributed by atoms with Gasteiger partial charge in [-0.15, -0.1) is 0 Å². The lowest BCUT2D eigenvalue weighted by atomic mass is 10.1. The average molecular weight is 397 g/mol. The molecule has 122 valence electrons. The molecule has 0 aliphatic heterocycles. The summed E-state index contributed by atoms with van der Waals surface area (Å²) in [6.07, 6.45) is 0. The Kier molecular flexibility index (Phi) is 5.37. The first-order valence-corrected chi connectivity index (χ1v) is 8.39. The summed E-state index contributed by atoms with van der Waals surface area (Å²) in [5, 5.41) is 3.59. The molecule has 0 aromatic heterocycles. The average Bonchev–Trinajstić information content (AvgIpc) is 2.44. The Morgan fingerprint density at radius 1 is 1.13 bits per heavy atom. The van der Waals surface area contributed by atoms with Crippen molar-refractivity contribution in [3.63, 3.8) is 0 Å². The molecule has 5 heteroatoms. The van der Waals surface area contributed by atoms with Crippen LogP contribution in [0, 0.1) is 13.8 Å². The quantitative estimate of drug-likeness (QED) is 0.739. The third-order valence-electron chi connectivity index (χ3n) is 3.47. The topological polar surface area (TPSA) is 38.3 Å². The van der Waals surface area contributed by atoms with Crippen molar-refractivity contribution < 1.29 is 9.53 Å². The second-order valence-corrected chi connectivity index (χ2v) is 7.29. The molecule has 0 spiro atoms. The molecule has 2 rings (SSSR count). The van der Waals surface area contributed by atoms with Crippen molar-refractivity contribution in [2.24, 2.45) is 0 Å². The number of hydrogen-bond donors (Lipinski definition) is 1. The van der Waals surface area contributed by atoms with Gasteiger partial charge in [0.2, 0.25) is 0 Å². The zero-order valence-electron chi connectivity index (χ0n) is 13.5. The van der Waals surface area contributed by atoms with Crippen molar-refractivity contribution in [2.75, 3.05) is 5.32 Å². The van der Waals surface area contributed by atoms with Crippen LogP contribution < -0.4 is 10.1 Å². The van der Waals surface area contributed by atoms with E-state index in [1.165, 1.54) is 0 Å². The number of ether oxygens (including phenoxy) is 1. The molecule has 1 amide bonds. The van der Waals surface area contributed by atoms with Crippen LogP contribution in [-0.4, -0.2) is 11.5 Å². The molecule has 0 radical (unpaired) electrons. The van der Waals surface area contributed by atoms with Crippen molar-refractivity contribution in [1.29, 1.82) is 0 Å². The third kappa shape index (κ3) is 4.49. The summed E-state index contributed by atoms with van der Waals surface area (Å²) in [7, 11) is 0. The normalized spacial score (nSPS) is 11.2. The molecule has 0 fully saturated rings. The van der Waals surface area contributed by atoms with E-state index in [4.69, 9.17) is 16.3 Å². The SMILES string of the molecule is Cc1cc(Br)cc(C)c1NC(=O)C(C)(C)Oc1ccc(Cl)cc1. The second-order valence-electron chi connectivity index (χ2n) is 5.94. The van der Waals surface area contributed by atoms with Gasteiger partial charge in [0.05, 0.1) is 0 Å². The lowest BCUT2D eigenvalue weighted by molar-refractivity contribution is -0.128. The molecule has 3 nitrogen and oxygen atoms in total. The predicted molar refractivity (Wildman–Crippen MR) is 98.4 cm³/mol. The molecule has 0 saturated heterocycles. The predicted octanol–water partition coefficient (Wildman–Crippen LogP) is 5.52. The van der Waals surface area contributed by atoms with E-state index in [0.29, 0.717) is 10.8 Å². The van der Waals surface area contributed by atoms with Gasteiger partial charge < -0.3 is 10.1 Å². The fourth-order valence-electron chi connectivity index (χ4n) is 2.22. The Hall–Kier alpha value is -1.52. The molecule has 0 bridgehead atoms. The first-order chi connectivity index (χ1) is 10.7. The molecule has 0 heterocycles. The first-order valence-electron chi connectivity index (χ1n) is 7.22. The van der Waals surface area contributed by atoms with Crippen LogP contribution in [0.25, 0.3) is 0 Å². The third-order valence-corrected chi connectivity index (χ3v) is 4.18. The van der Waals surface area contributed by atoms with E-state index in [0.717, 1.165) is 21.3 Å². The number of hydrogen-bond acceptors (Lipinski definition) is 2. The van der Waals surface area contributed by atoms with Crippen LogP contribution in [0.1, 0.15) is 25.0 Å². The molecular formula is C18H19BrClNO2. The maximum atomic E-state index is 12.6. The van der Waals surface area contributed by atoms with Gasteiger partial charge in [0, 0.05) is 15.2 Å². The fourth-order valence-corrected chi connectivity index (χ4v) is 3.03. The number of nitrogens with one attached hydrogen (secondary N) is 1. The maximum absolute atomic E-state index is 12.6. The van der Waals surface area contributed by atoms with Gasteiger partial charge in [-0.25, -0.2) is 0 Å². The van der Waals surface area contributed by atoms with E-state index >= 15 is 0 Å². The van der Waals surface area contributed by atoms with Crippen molar-refractivity contribution in [1.82, 2.24) is 0 Å². The Balaban J connectivity index is 2.17. The van der Waals surface area contributed by atoms with Gasteiger partial charge in [0.15, 0.2) is 5.60 Å². The van der Waals surface area contributed by atoms with E-state index in [1.54, 1.807) is 38.1 Å². The van der Waals surface area contributed by atoms with Crippen LogP contribution in [0.15, 0.2) is 40.9 Å². The molecule has 23 heavy (non-hydrogen) atoms. The van der Waals surface area contributed by atoms with Crippen molar-refractivity contribution in [2.45, 2.75) is 33.3 Å². The molecule has 0 aliphatic carbocycles. The summed E-state index contributed by atoms with van der Waals surface area (Å²) < 4.78 is 6.80. The van der Waals surface area contributed by atoms with Crippen molar-refractivity contribution in [3.05, 3.63) is 57.0 Å². The van der Waals surface area contributed by atoms with Gasteiger partial charge in [-0.1, -0.05) is 27.5 Å². The molecule has 2 aromatic rings. The summed E-state index contributed by atoms with van der Waals surface area (Å²) in [5.41, 5.74) is 1.78. The monoisotopic (exact) mass is 395 g/mol. The largest absolute Gasteiger partial charge is 0.478 e. The molecule has 1 N–H and O–H groups in total. The number of amides is 1. The highest BCUT2D eigenvalue weighted by atomic mass is 79.9. The standard InChI is InChI=1S/C18H19BrClNO2/c1-11-9-13(19)10-12(2)16(11)21-17(22)18(3,4)23-15-7-5-14(20)6-8-15/h5-10H,1-4H3,(H,21,22). The minimum Gasteiger partial charge on any atom is -0.478 e. The zero-order chi connectivity index (χ0) is 17.2. The molecule has 0 atom stereocenters. The van der Waals surface area contributed by atoms with Crippen molar-refractivity contribution >= 4 is 39.1 Å². The number of rotatable bonds is 4. The minimum absolute atomic E-state index is 0.207. The van der Waals surface area contributed by atoms with E-state index < -0.39 is 5.60 Å². The van der Waals surface area contributed by atoms with E-state index in [1.807, 2.05) is 26.0 Å². The van der Waals surface area contributed by atoms with Crippen LogP contribution in [0.3, 0.4) is 0 Å². The Bertz CT molecular complexity index is 703. The van der Waals surface area contributed by atoms with E-state index in [2.05, 4.69) is 21.2 Å². The lowest BCUT2D eigenvalue weighted by Gasteiger charge is -2.26. The second kappa shape index (κ2) is 6.93. The zero-order valence-corrected chi connectivity index (χ0v) is 15.9. The Morgan fingerprint density at radius 2 is 1.65 bits per heavy atom. The minimum atomic E-state index is -1.01. The van der Waals surface area contributed by atoms with Gasteiger partial charge in [-0.2, -0.15) is 0 Å². The Morgan fingerprint density at radius 3 is 2.17 bits per heavy atom. The highest BCUT2D eigenvalue weighted by molar-refractivity contribution is 9.10. The van der Waals surface area contributed by atoms with Gasteiger partial charge >= 0.3 is 0 Å². The fraction of sp³-hybridized carbons (Fsp3) is 0.278. The maximum Gasteiger partial charge on any atom is 0.267 e. The number of aryl methyl sites for hydroxylation is 2. The highest BCUT2D eigenvalue weighted by Gasteiger charge is 2.30. The summed E-state index contributed by atoms with van der Waals surface area (Å²) >= 11 is 9.32. The first kappa shape index (κ1) is 17.8. The number of anilines is 1. The van der Waals surface area contributed by atoms with Crippen LogP contribution in [0.2, 0.25) is 5.02 Å². The number of halogens is 2. The van der Waals surface area contributed by atoms with Crippen LogP contribution >= 0.6 is 27.5 Å². The molecular weight excluding hydrogens is 378 g/mol. The van der Waals surface area contributed by atoms with Gasteiger partial charge in [-0.05, 0) is 75.2 Å². The Labute approximate surface area is 150 Å². The lowest BCUT2D eigenvalue weighted by Crippen LogP contribution is -2.42. The highest BCUT2D eigenvalue weighted by Crippen LogP contribution is 2.27. The van der Waals surface area contributed by atoms with Gasteiger partial charge in [0.1, 0.15) is 5.75 Å². The number of benzene rings is 2. The van der Waals surface area contributed by atoms with Crippen LogP contribution in [0.4, 0.5) is 5.69 Å². The summed E-state index contributed by atoms with van der Waals surface area (Å²) in [4.78, 5) is 12.6. The van der Waals surface area contributed by atoms with Crippen LogP contribution in [-0.2, 0) is 4.79 Å². The summed E-state index contributed by atoms with van der Waals surface area (Å²) in [6, 6.07) is 10.9. The van der Waals surface area contributed by atoms with Crippen molar-refractivity contribution in [3.8, 4) is 5.75 Å². The molecule has 0 unspecified atom stereocenters. The van der Waals surface area contributed by atoms with E-state index in [9.17, 15) is 4.79 Å². The number of carbonyl (C=O) groups excluding carboxylic acids is 1. The van der Waals surface area contributed by atoms with Gasteiger partial charge in [-0.3, -0.25) is 4.79 Å².